The van der Waals surface area contributed by atoms with Crippen LogP contribution in [-0.2, 0) is 17.8 Å². The first kappa shape index (κ1) is 22.3. The molecule has 1 aromatic heterocycles. The van der Waals surface area contributed by atoms with Gasteiger partial charge < -0.3 is 4.90 Å². The summed E-state index contributed by atoms with van der Waals surface area (Å²) in [6.45, 7) is 7.99. The van der Waals surface area contributed by atoms with Crippen molar-refractivity contribution >= 4 is 51.6 Å². The maximum Gasteiger partial charge on any atom is 0.262 e. The second-order valence-electron chi connectivity index (χ2n) is 7.65. The molecule has 0 N–H and O–H groups in total. The van der Waals surface area contributed by atoms with Crippen LogP contribution in [0.4, 0.5) is 5.69 Å². The van der Waals surface area contributed by atoms with E-state index in [2.05, 4.69) is 11.6 Å². The fourth-order valence-corrected chi connectivity index (χ4v) is 5.04. The van der Waals surface area contributed by atoms with Gasteiger partial charge in [-0.1, -0.05) is 29.4 Å². The third-order valence-electron chi connectivity index (χ3n) is 5.49. The minimum Gasteiger partial charge on any atom is -0.312 e. The predicted molar refractivity (Wildman–Crippen MR) is 129 cm³/mol. The Kier molecular flexibility index (Phi) is 6.22. The zero-order chi connectivity index (χ0) is 23.0. The normalized spacial score (nSPS) is 13.8. The van der Waals surface area contributed by atoms with Gasteiger partial charge in [0.15, 0.2) is 10.9 Å². The minimum atomic E-state index is -0.474. The van der Waals surface area contributed by atoms with E-state index in [-0.39, 0.29) is 23.8 Å². The van der Waals surface area contributed by atoms with E-state index in [0.717, 1.165) is 17.7 Å². The number of fused-ring (bicyclic) bond motifs is 2. The largest absolute Gasteiger partial charge is 0.312 e. The molecule has 0 bridgehead atoms. The number of thioether (sulfide) groups is 1. The number of anilines is 1. The third kappa shape index (κ3) is 4.10. The van der Waals surface area contributed by atoms with Crippen molar-refractivity contribution < 1.29 is 9.59 Å². The molecule has 32 heavy (non-hydrogen) atoms. The Labute approximate surface area is 194 Å². The number of aromatic nitrogens is 2. The average molecular weight is 468 g/mol. The number of hydrogen-bond acceptors (Lipinski definition) is 5. The van der Waals surface area contributed by atoms with Crippen LogP contribution in [0.1, 0.15) is 29.8 Å². The second-order valence-corrected chi connectivity index (χ2v) is 9.39. The van der Waals surface area contributed by atoms with Gasteiger partial charge in [-0.2, -0.15) is 0 Å². The van der Waals surface area contributed by atoms with E-state index in [4.69, 9.17) is 11.6 Å². The highest BCUT2D eigenvalue weighted by molar-refractivity contribution is 8.00. The molecule has 3 aromatic rings. The second kappa shape index (κ2) is 8.92. The van der Waals surface area contributed by atoms with Crippen molar-refractivity contribution in [2.75, 3.05) is 11.4 Å². The van der Waals surface area contributed by atoms with Gasteiger partial charge in [-0.25, -0.2) is 4.98 Å². The summed E-state index contributed by atoms with van der Waals surface area (Å²) in [6.07, 6.45) is 2.35. The molecule has 6 nitrogen and oxygen atoms in total. The Hall–Kier alpha value is -2.90. The molecule has 0 spiro atoms. The van der Waals surface area contributed by atoms with E-state index in [9.17, 15) is 14.4 Å². The van der Waals surface area contributed by atoms with Crippen LogP contribution in [-0.4, -0.2) is 33.0 Å². The van der Waals surface area contributed by atoms with Crippen LogP contribution in [0.3, 0.4) is 0 Å². The summed E-state index contributed by atoms with van der Waals surface area (Å²) < 4.78 is 1.52. The van der Waals surface area contributed by atoms with Crippen molar-refractivity contribution in [3.8, 4) is 0 Å². The van der Waals surface area contributed by atoms with Gasteiger partial charge in [0, 0.05) is 36.3 Å². The lowest BCUT2D eigenvalue weighted by atomic mass is 10.0. The van der Waals surface area contributed by atoms with Crippen molar-refractivity contribution in [1.29, 1.82) is 0 Å². The standard InChI is InChI=1S/C24H22ClN3O3S/c1-4-10-28-23(31)19-7-6-18(25)13-20(19)26-24(28)32-14(2)22(30)17-5-8-21-16(12-17)9-11-27(21)15(3)29/h4-8,12-14H,1,9-11H2,2-3H3. The van der Waals surface area contributed by atoms with Gasteiger partial charge in [0.2, 0.25) is 5.91 Å². The van der Waals surface area contributed by atoms with Gasteiger partial charge in [0.05, 0.1) is 16.2 Å². The summed E-state index contributed by atoms with van der Waals surface area (Å²) in [4.78, 5) is 44.3. The third-order valence-corrected chi connectivity index (χ3v) is 6.81. The lowest BCUT2D eigenvalue weighted by molar-refractivity contribution is -0.116. The Morgan fingerprint density at radius 1 is 1.28 bits per heavy atom. The van der Waals surface area contributed by atoms with E-state index in [1.165, 1.54) is 16.3 Å². The summed E-state index contributed by atoms with van der Waals surface area (Å²) in [5.41, 5.74) is 2.73. The summed E-state index contributed by atoms with van der Waals surface area (Å²) in [5.74, 6) is -0.0703. The van der Waals surface area contributed by atoms with E-state index in [1.807, 2.05) is 12.1 Å². The van der Waals surface area contributed by atoms with Crippen LogP contribution in [0, 0.1) is 0 Å². The molecule has 164 valence electrons. The summed E-state index contributed by atoms with van der Waals surface area (Å²) >= 11 is 7.32. The van der Waals surface area contributed by atoms with Crippen LogP contribution in [0.5, 0.6) is 0 Å². The van der Waals surface area contributed by atoms with E-state index in [0.29, 0.717) is 33.2 Å². The number of benzene rings is 2. The number of hydrogen-bond donors (Lipinski definition) is 0. The maximum atomic E-state index is 13.2. The first-order valence-corrected chi connectivity index (χ1v) is 11.5. The molecule has 8 heteroatoms. The Morgan fingerprint density at radius 2 is 2.06 bits per heavy atom. The predicted octanol–water partition coefficient (Wildman–Crippen LogP) is 4.51. The van der Waals surface area contributed by atoms with Gasteiger partial charge in [0.1, 0.15) is 0 Å². The Balaban J connectivity index is 1.65. The van der Waals surface area contributed by atoms with Crippen LogP contribution in [0.2, 0.25) is 5.02 Å². The van der Waals surface area contributed by atoms with Gasteiger partial charge in [0.25, 0.3) is 5.56 Å². The maximum absolute atomic E-state index is 13.2. The molecule has 1 amide bonds. The van der Waals surface area contributed by atoms with Crippen molar-refractivity contribution in [1.82, 2.24) is 9.55 Å². The molecule has 1 atom stereocenters. The monoisotopic (exact) mass is 467 g/mol. The Morgan fingerprint density at radius 3 is 2.78 bits per heavy atom. The van der Waals surface area contributed by atoms with Crippen molar-refractivity contribution in [3.63, 3.8) is 0 Å². The molecule has 1 unspecified atom stereocenters. The van der Waals surface area contributed by atoms with E-state index >= 15 is 0 Å². The van der Waals surface area contributed by atoms with Crippen LogP contribution in [0.25, 0.3) is 10.9 Å². The Bertz CT molecular complexity index is 1320. The van der Waals surface area contributed by atoms with Crippen LogP contribution in [0.15, 0.2) is 59.0 Å². The summed E-state index contributed by atoms with van der Waals surface area (Å²) in [5, 5.41) is 0.921. The molecular formula is C24H22ClN3O3S. The number of halogens is 1. The van der Waals surface area contributed by atoms with Gasteiger partial charge in [-0.3, -0.25) is 19.0 Å². The quantitative estimate of drug-likeness (QED) is 0.231. The number of carbonyl (C=O) groups excluding carboxylic acids is 2. The molecule has 4 rings (SSSR count). The molecule has 2 heterocycles. The molecule has 0 radical (unpaired) electrons. The number of allylic oxidation sites excluding steroid dienone is 1. The number of rotatable bonds is 6. The summed E-state index contributed by atoms with van der Waals surface area (Å²) in [6, 6.07) is 10.4. The lowest BCUT2D eigenvalue weighted by Gasteiger charge is -2.16. The number of carbonyl (C=O) groups is 2. The average Bonchev–Trinajstić information content (AvgIpc) is 3.19. The van der Waals surface area contributed by atoms with E-state index < -0.39 is 5.25 Å². The fraction of sp³-hybridized carbons (Fsp3) is 0.250. The minimum absolute atomic E-state index is 0.00516. The highest BCUT2D eigenvalue weighted by Gasteiger charge is 2.25. The number of ketones is 1. The molecule has 1 aliphatic rings. The highest BCUT2D eigenvalue weighted by Crippen LogP contribution is 2.31. The van der Waals surface area contributed by atoms with Crippen molar-refractivity contribution in [2.45, 2.75) is 37.2 Å². The molecule has 2 aromatic carbocycles. The summed E-state index contributed by atoms with van der Waals surface area (Å²) in [7, 11) is 0. The van der Waals surface area contributed by atoms with Crippen LogP contribution >= 0.6 is 23.4 Å². The van der Waals surface area contributed by atoms with Crippen LogP contribution < -0.4 is 10.5 Å². The van der Waals surface area contributed by atoms with Gasteiger partial charge >= 0.3 is 0 Å². The molecule has 0 aliphatic carbocycles. The molecule has 1 aliphatic heterocycles. The molecule has 0 fully saturated rings. The molecule has 0 saturated carbocycles. The van der Waals surface area contributed by atoms with Gasteiger partial charge in [-0.15, -0.1) is 6.58 Å². The van der Waals surface area contributed by atoms with Gasteiger partial charge in [-0.05, 0) is 55.3 Å². The van der Waals surface area contributed by atoms with E-state index in [1.54, 1.807) is 49.1 Å². The molecule has 0 saturated heterocycles. The first-order valence-electron chi connectivity index (χ1n) is 10.2. The molecular weight excluding hydrogens is 446 g/mol. The zero-order valence-corrected chi connectivity index (χ0v) is 19.4. The smallest absolute Gasteiger partial charge is 0.262 e. The lowest BCUT2D eigenvalue weighted by Crippen LogP contribution is -2.25. The fourth-order valence-electron chi connectivity index (χ4n) is 3.88. The SMILES string of the molecule is C=CCn1c(SC(C)C(=O)c2ccc3c(c2)CCN3C(C)=O)nc2cc(Cl)ccc2c1=O. The zero-order valence-electron chi connectivity index (χ0n) is 17.8. The van der Waals surface area contributed by atoms with Crippen molar-refractivity contribution in [2.24, 2.45) is 0 Å². The highest BCUT2D eigenvalue weighted by atomic mass is 35.5. The number of nitrogens with zero attached hydrogens (tertiary/aromatic N) is 3. The van der Waals surface area contributed by atoms with Crippen molar-refractivity contribution in [3.05, 3.63) is 75.6 Å². The topological polar surface area (TPSA) is 72.3 Å². The number of Topliss-reactive ketones (excluding diaryl/α,β-unsaturated/α-hetero) is 1. The first-order chi connectivity index (χ1) is 15.3. The number of amides is 1.